The van der Waals surface area contributed by atoms with Crippen molar-refractivity contribution in [1.29, 1.82) is 0 Å². The summed E-state index contributed by atoms with van der Waals surface area (Å²) in [6.45, 7) is -0.888. The molecule has 0 N–H and O–H groups in total. The third-order valence-corrected chi connectivity index (χ3v) is 1.77. The van der Waals surface area contributed by atoms with Crippen molar-refractivity contribution in [3.8, 4) is 0 Å². The average Bonchev–Trinajstić information content (AvgIpc) is 2.05. The Labute approximate surface area is 89.9 Å². The summed E-state index contributed by atoms with van der Waals surface area (Å²) in [4.78, 5) is 1.11. The van der Waals surface area contributed by atoms with Crippen molar-refractivity contribution in [2.75, 3.05) is 13.6 Å². The summed E-state index contributed by atoms with van der Waals surface area (Å²) in [5.74, 6) is 0. The van der Waals surface area contributed by atoms with E-state index in [1.165, 1.54) is 13.1 Å². The predicted octanol–water partition coefficient (Wildman–Crippen LogP) is 2.12. The Morgan fingerprint density at radius 2 is 2.00 bits per heavy atom. The number of hydrogen-bond acceptors (Lipinski definition) is 3. The number of halogens is 4. The summed E-state index contributed by atoms with van der Waals surface area (Å²) in [6, 6.07) is 3.04. The smallest absolute Gasteiger partial charge is 0.292 e. The lowest BCUT2D eigenvalue weighted by molar-refractivity contribution is -0.144. The van der Waals surface area contributed by atoms with Gasteiger partial charge in [0.05, 0.1) is 12.2 Å². The molecule has 0 aliphatic carbocycles. The molecular formula is C8H9ClF3N3. The van der Waals surface area contributed by atoms with Crippen LogP contribution in [0.4, 0.5) is 13.2 Å². The lowest BCUT2D eigenvalue weighted by atomic mass is 10.3. The Bertz CT molecular complexity index is 312. The van der Waals surface area contributed by atoms with E-state index in [2.05, 4.69) is 10.2 Å². The Kier molecular flexibility index (Phi) is 3.87. The summed E-state index contributed by atoms with van der Waals surface area (Å²) < 4.78 is 35.9. The Morgan fingerprint density at radius 3 is 2.47 bits per heavy atom. The molecule has 0 aromatic carbocycles. The molecule has 0 unspecified atom stereocenters. The van der Waals surface area contributed by atoms with Gasteiger partial charge in [-0.15, -0.1) is 5.10 Å². The van der Waals surface area contributed by atoms with E-state index >= 15 is 0 Å². The van der Waals surface area contributed by atoms with Gasteiger partial charge in [0.15, 0.2) is 5.15 Å². The maximum absolute atomic E-state index is 12.0. The van der Waals surface area contributed by atoms with Crippen LogP contribution in [0.15, 0.2) is 12.1 Å². The van der Waals surface area contributed by atoms with Crippen LogP contribution in [-0.2, 0) is 6.54 Å². The fourth-order valence-corrected chi connectivity index (χ4v) is 1.17. The molecule has 1 rings (SSSR count). The van der Waals surface area contributed by atoms with Crippen LogP contribution in [0.3, 0.4) is 0 Å². The molecule has 0 saturated heterocycles. The third kappa shape index (κ3) is 4.94. The molecule has 1 heterocycles. The molecule has 0 amide bonds. The van der Waals surface area contributed by atoms with E-state index in [0.717, 1.165) is 4.90 Å². The number of alkyl halides is 3. The molecule has 84 valence electrons. The van der Waals surface area contributed by atoms with Crippen LogP contribution >= 0.6 is 11.6 Å². The van der Waals surface area contributed by atoms with Gasteiger partial charge in [-0.05, 0) is 19.2 Å². The van der Waals surface area contributed by atoms with Gasteiger partial charge in [-0.2, -0.15) is 18.3 Å². The fraction of sp³-hybridized carbons (Fsp3) is 0.500. The van der Waals surface area contributed by atoms with E-state index in [4.69, 9.17) is 11.6 Å². The number of nitrogens with zero attached hydrogens (tertiary/aromatic N) is 3. The predicted molar refractivity (Wildman–Crippen MR) is 49.4 cm³/mol. The summed E-state index contributed by atoms with van der Waals surface area (Å²) in [6.07, 6.45) is -4.20. The zero-order chi connectivity index (χ0) is 11.5. The molecule has 0 aliphatic heterocycles. The molecule has 0 radical (unpaired) electrons. The van der Waals surface area contributed by atoms with E-state index in [0.29, 0.717) is 5.69 Å². The number of aromatic nitrogens is 2. The van der Waals surface area contributed by atoms with Crippen LogP contribution in [0.2, 0.25) is 5.15 Å². The molecule has 1 aromatic heterocycles. The monoisotopic (exact) mass is 239 g/mol. The summed E-state index contributed by atoms with van der Waals surface area (Å²) in [5, 5.41) is 7.41. The Balaban J connectivity index is 2.51. The van der Waals surface area contributed by atoms with Crippen LogP contribution in [0.1, 0.15) is 5.69 Å². The minimum Gasteiger partial charge on any atom is -0.292 e. The molecule has 0 bridgehead atoms. The van der Waals surface area contributed by atoms with E-state index in [-0.39, 0.29) is 11.7 Å². The first-order valence-electron chi connectivity index (χ1n) is 4.10. The van der Waals surface area contributed by atoms with Crippen molar-refractivity contribution in [1.82, 2.24) is 15.1 Å². The molecule has 3 nitrogen and oxygen atoms in total. The molecule has 1 aromatic rings. The number of hydrogen-bond donors (Lipinski definition) is 0. The van der Waals surface area contributed by atoms with Gasteiger partial charge in [0.25, 0.3) is 0 Å². The van der Waals surface area contributed by atoms with Gasteiger partial charge < -0.3 is 0 Å². The van der Waals surface area contributed by atoms with Crippen LogP contribution in [-0.4, -0.2) is 34.9 Å². The van der Waals surface area contributed by atoms with Crippen molar-refractivity contribution in [3.05, 3.63) is 23.0 Å². The highest BCUT2D eigenvalue weighted by Gasteiger charge is 2.29. The maximum atomic E-state index is 12.0. The molecule has 15 heavy (non-hydrogen) atoms. The Morgan fingerprint density at radius 1 is 1.33 bits per heavy atom. The maximum Gasteiger partial charge on any atom is 0.401 e. The SMILES string of the molecule is CN(Cc1ccc(Cl)nn1)CC(F)(F)F. The van der Waals surface area contributed by atoms with Crippen LogP contribution in [0.5, 0.6) is 0 Å². The summed E-state index contributed by atoms with van der Waals surface area (Å²) in [7, 11) is 1.36. The second kappa shape index (κ2) is 4.76. The van der Waals surface area contributed by atoms with E-state index in [9.17, 15) is 13.2 Å². The van der Waals surface area contributed by atoms with Crippen molar-refractivity contribution >= 4 is 11.6 Å². The van der Waals surface area contributed by atoms with Gasteiger partial charge in [-0.25, -0.2) is 0 Å². The lowest BCUT2D eigenvalue weighted by Gasteiger charge is -2.17. The van der Waals surface area contributed by atoms with Crippen LogP contribution in [0.25, 0.3) is 0 Å². The highest BCUT2D eigenvalue weighted by molar-refractivity contribution is 6.29. The zero-order valence-electron chi connectivity index (χ0n) is 7.92. The van der Waals surface area contributed by atoms with Gasteiger partial charge in [0.2, 0.25) is 0 Å². The number of rotatable bonds is 3. The van der Waals surface area contributed by atoms with Crippen molar-refractivity contribution in [2.45, 2.75) is 12.7 Å². The topological polar surface area (TPSA) is 29.0 Å². The normalized spacial score (nSPS) is 12.1. The molecule has 0 fully saturated rings. The average molecular weight is 240 g/mol. The van der Waals surface area contributed by atoms with E-state index in [1.807, 2.05) is 0 Å². The zero-order valence-corrected chi connectivity index (χ0v) is 8.68. The second-order valence-electron chi connectivity index (χ2n) is 3.13. The second-order valence-corrected chi connectivity index (χ2v) is 3.52. The van der Waals surface area contributed by atoms with E-state index in [1.54, 1.807) is 6.07 Å². The van der Waals surface area contributed by atoms with Gasteiger partial charge in [-0.3, -0.25) is 4.90 Å². The van der Waals surface area contributed by atoms with Gasteiger partial charge in [0.1, 0.15) is 0 Å². The first-order valence-corrected chi connectivity index (χ1v) is 4.48. The first-order chi connectivity index (χ1) is 6.87. The molecule has 0 spiro atoms. The molecule has 7 heteroatoms. The largest absolute Gasteiger partial charge is 0.401 e. The first kappa shape index (κ1) is 12.2. The highest BCUT2D eigenvalue weighted by Crippen LogP contribution is 2.16. The van der Waals surface area contributed by atoms with Crippen molar-refractivity contribution < 1.29 is 13.2 Å². The van der Waals surface area contributed by atoms with Crippen LogP contribution in [0, 0.1) is 0 Å². The highest BCUT2D eigenvalue weighted by atomic mass is 35.5. The van der Waals surface area contributed by atoms with Crippen molar-refractivity contribution in [3.63, 3.8) is 0 Å². The minimum absolute atomic E-state index is 0.0870. The van der Waals surface area contributed by atoms with Crippen molar-refractivity contribution in [2.24, 2.45) is 0 Å². The van der Waals surface area contributed by atoms with E-state index < -0.39 is 12.7 Å². The quantitative estimate of drug-likeness (QED) is 0.809. The standard InChI is InChI=1S/C8H9ClF3N3/c1-15(5-8(10,11)12)4-6-2-3-7(9)14-13-6/h2-3H,4-5H2,1H3. The van der Waals surface area contributed by atoms with Gasteiger partial charge >= 0.3 is 6.18 Å². The van der Waals surface area contributed by atoms with Gasteiger partial charge in [0, 0.05) is 6.54 Å². The molecule has 0 atom stereocenters. The molecule has 0 aliphatic rings. The summed E-state index contributed by atoms with van der Waals surface area (Å²) >= 11 is 5.49. The lowest BCUT2D eigenvalue weighted by Crippen LogP contribution is -2.30. The van der Waals surface area contributed by atoms with Gasteiger partial charge in [-0.1, -0.05) is 11.6 Å². The fourth-order valence-electron chi connectivity index (χ4n) is 1.07. The minimum atomic E-state index is -4.20. The molecular weight excluding hydrogens is 231 g/mol. The molecule has 0 saturated carbocycles. The Hall–Kier alpha value is -0.880. The van der Waals surface area contributed by atoms with Crippen LogP contribution < -0.4 is 0 Å². The summed E-state index contributed by atoms with van der Waals surface area (Å²) in [5.41, 5.74) is 0.450. The third-order valence-electron chi connectivity index (χ3n) is 1.57.